The molecular formula is C23H21NO3. The largest absolute Gasteiger partial charge is 0.375 e. The van der Waals surface area contributed by atoms with E-state index in [-0.39, 0.29) is 18.2 Å². The molecule has 0 saturated heterocycles. The lowest BCUT2D eigenvalue weighted by molar-refractivity contribution is -0.136. The number of amides is 1. The zero-order valence-corrected chi connectivity index (χ0v) is 15.3. The highest BCUT2D eigenvalue weighted by molar-refractivity contribution is 6.11. The van der Waals surface area contributed by atoms with Gasteiger partial charge in [-0.3, -0.25) is 9.59 Å². The van der Waals surface area contributed by atoms with Crippen molar-refractivity contribution in [2.24, 2.45) is 0 Å². The number of fused-ring (bicyclic) bond motifs is 2. The molecule has 1 N–H and O–H groups in total. The molecule has 136 valence electrons. The topological polar surface area (TPSA) is 57.6 Å². The predicted molar refractivity (Wildman–Crippen MR) is 106 cm³/mol. The van der Waals surface area contributed by atoms with E-state index in [0.29, 0.717) is 16.8 Å². The number of nitrogens with zero attached hydrogens (tertiary/aromatic N) is 1. The molecule has 4 rings (SSSR count). The molecule has 0 bridgehead atoms. The normalized spacial score (nSPS) is 19.0. The third-order valence-electron chi connectivity index (χ3n) is 5.19. The van der Waals surface area contributed by atoms with E-state index in [1.807, 2.05) is 62.4 Å². The van der Waals surface area contributed by atoms with Gasteiger partial charge in [-0.15, -0.1) is 0 Å². The molecule has 0 aromatic heterocycles. The maximum Gasteiger partial charge on any atom is 0.264 e. The quantitative estimate of drug-likeness (QED) is 0.715. The molecule has 0 radical (unpaired) electrons. The van der Waals surface area contributed by atoms with Crippen molar-refractivity contribution in [2.45, 2.75) is 31.9 Å². The average molecular weight is 359 g/mol. The highest BCUT2D eigenvalue weighted by Crippen LogP contribution is 2.43. The summed E-state index contributed by atoms with van der Waals surface area (Å²) in [6.07, 6.45) is -0.273. The smallest absolute Gasteiger partial charge is 0.264 e. The second-order valence-electron chi connectivity index (χ2n) is 7.31. The number of benzene rings is 3. The third kappa shape index (κ3) is 2.73. The number of carbonyl (C=O) groups excluding carboxylic acids is 2. The van der Waals surface area contributed by atoms with Gasteiger partial charge in [-0.25, -0.2) is 0 Å². The minimum absolute atomic E-state index is 0.108. The van der Waals surface area contributed by atoms with Crippen molar-refractivity contribution in [3.05, 3.63) is 77.9 Å². The molecule has 1 unspecified atom stereocenters. The Balaban J connectivity index is 1.72. The molecule has 4 heteroatoms. The van der Waals surface area contributed by atoms with E-state index in [9.17, 15) is 14.7 Å². The number of hydrogen-bond acceptors (Lipinski definition) is 3. The molecule has 27 heavy (non-hydrogen) atoms. The monoisotopic (exact) mass is 359 g/mol. The maximum absolute atomic E-state index is 13.0. The van der Waals surface area contributed by atoms with Crippen LogP contribution in [0.5, 0.6) is 0 Å². The fraction of sp³-hybridized carbons (Fsp3) is 0.217. The zero-order chi connectivity index (χ0) is 19.2. The zero-order valence-electron chi connectivity index (χ0n) is 15.3. The Bertz CT molecular complexity index is 1060. The molecule has 3 aromatic rings. The maximum atomic E-state index is 13.0. The lowest BCUT2D eigenvalue weighted by atomic mass is 9.87. The predicted octanol–water partition coefficient (Wildman–Crippen LogP) is 4.06. The molecule has 0 fully saturated rings. The van der Waals surface area contributed by atoms with Crippen LogP contribution in [0.3, 0.4) is 0 Å². The Kier molecular flexibility index (Phi) is 4.08. The number of anilines is 1. The Morgan fingerprint density at radius 1 is 1.00 bits per heavy atom. The summed E-state index contributed by atoms with van der Waals surface area (Å²) >= 11 is 0. The standard InChI is InChI=1S/C23H21NO3/c1-15(2)24-20-10-6-5-9-19(20)23(27,22(24)26)14-21(25)18-12-11-16-7-3-4-8-17(16)13-18/h3-13,15,27H,14H2,1-2H3. The first-order valence-corrected chi connectivity index (χ1v) is 9.09. The molecule has 1 aliphatic rings. The van der Waals surface area contributed by atoms with E-state index in [1.54, 1.807) is 23.1 Å². The van der Waals surface area contributed by atoms with Crippen LogP contribution in [0.1, 0.15) is 36.2 Å². The molecule has 1 aliphatic heterocycles. The van der Waals surface area contributed by atoms with E-state index in [2.05, 4.69) is 0 Å². The SMILES string of the molecule is CC(C)N1C(=O)C(O)(CC(=O)c2ccc3ccccc3c2)c2ccccc21. The summed E-state index contributed by atoms with van der Waals surface area (Å²) in [4.78, 5) is 27.6. The van der Waals surface area contributed by atoms with Crippen molar-refractivity contribution < 1.29 is 14.7 Å². The first-order valence-electron chi connectivity index (χ1n) is 9.09. The van der Waals surface area contributed by atoms with Crippen molar-refractivity contribution in [2.75, 3.05) is 4.90 Å². The second kappa shape index (κ2) is 6.32. The number of rotatable bonds is 4. The number of aliphatic hydroxyl groups is 1. The molecule has 1 heterocycles. The molecule has 0 spiro atoms. The van der Waals surface area contributed by atoms with E-state index in [1.165, 1.54) is 0 Å². The van der Waals surface area contributed by atoms with Gasteiger partial charge in [0.1, 0.15) is 0 Å². The van der Waals surface area contributed by atoms with Gasteiger partial charge < -0.3 is 10.0 Å². The first kappa shape index (κ1) is 17.4. The summed E-state index contributed by atoms with van der Waals surface area (Å²) in [7, 11) is 0. The first-order chi connectivity index (χ1) is 12.9. The van der Waals surface area contributed by atoms with Crippen LogP contribution in [0.25, 0.3) is 10.8 Å². The molecular weight excluding hydrogens is 338 g/mol. The van der Waals surface area contributed by atoms with Crippen molar-refractivity contribution in [1.29, 1.82) is 0 Å². The van der Waals surface area contributed by atoms with Crippen molar-refractivity contribution in [1.82, 2.24) is 0 Å². The summed E-state index contributed by atoms with van der Waals surface area (Å²) in [5.74, 6) is -0.690. The van der Waals surface area contributed by atoms with Crippen LogP contribution in [0.4, 0.5) is 5.69 Å². The molecule has 4 nitrogen and oxygen atoms in total. The second-order valence-corrected chi connectivity index (χ2v) is 7.31. The van der Waals surface area contributed by atoms with Crippen LogP contribution in [0.15, 0.2) is 66.7 Å². The number of para-hydroxylation sites is 1. The van der Waals surface area contributed by atoms with Crippen molar-refractivity contribution in [3.8, 4) is 0 Å². The minimum atomic E-state index is -1.83. The van der Waals surface area contributed by atoms with Gasteiger partial charge in [0.25, 0.3) is 5.91 Å². The van der Waals surface area contributed by atoms with Gasteiger partial charge >= 0.3 is 0 Å². The highest BCUT2D eigenvalue weighted by atomic mass is 16.3. The van der Waals surface area contributed by atoms with E-state index >= 15 is 0 Å². The summed E-state index contributed by atoms with van der Waals surface area (Å²) in [5.41, 5.74) is -0.164. The van der Waals surface area contributed by atoms with Gasteiger partial charge in [-0.2, -0.15) is 0 Å². The summed E-state index contributed by atoms with van der Waals surface area (Å²) < 4.78 is 0. The Morgan fingerprint density at radius 2 is 1.67 bits per heavy atom. The van der Waals surface area contributed by atoms with Crippen molar-refractivity contribution >= 4 is 28.2 Å². The Hall–Kier alpha value is -2.98. The molecule has 3 aromatic carbocycles. The van der Waals surface area contributed by atoms with Crippen LogP contribution in [-0.2, 0) is 10.4 Å². The number of ketones is 1. The van der Waals surface area contributed by atoms with Gasteiger partial charge in [0.2, 0.25) is 0 Å². The van der Waals surface area contributed by atoms with E-state index < -0.39 is 11.5 Å². The van der Waals surface area contributed by atoms with Crippen LogP contribution < -0.4 is 4.90 Å². The molecule has 1 amide bonds. The van der Waals surface area contributed by atoms with E-state index in [4.69, 9.17) is 0 Å². The van der Waals surface area contributed by atoms with Gasteiger partial charge in [-0.1, -0.05) is 54.6 Å². The summed E-state index contributed by atoms with van der Waals surface area (Å²) in [5, 5.41) is 13.3. The van der Waals surface area contributed by atoms with Gasteiger partial charge in [0.15, 0.2) is 11.4 Å². The fourth-order valence-electron chi connectivity index (χ4n) is 3.84. The van der Waals surface area contributed by atoms with Crippen LogP contribution >= 0.6 is 0 Å². The summed E-state index contributed by atoms with van der Waals surface area (Å²) in [6, 6.07) is 20.3. The Morgan fingerprint density at radius 3 is 2.41 bits per heavy atom. The lowest BCUT2D eigenvalue weighted by Crippen LogP contribution is -2.44. The average Bonchev–Trinajstić information content (AvgIpc) is 2.89. The van der Waals surface area contributed by atoms with Crippen LogP contribution in [0.2, 0.25) is 0 Å². The number of carbonyl (C=O) groups is 2. The van der Waals surface area contributed by atoms with Crippen LogP contribution in [0, 0.1) is 0 Å². The van der Waals surface area contributed by atoms with Gasteiger partial charge in [0.05, 0.1) is 12.1 Å². The minimum Gasteiger partial charge on any atom is -0.375 e. The fourth-order valence-corrected chi connectivity index (χ4v) is 3.84. The molecule has 1 atom stereocenters. The third-order valence-corrected chi connectivity index (χ3v) is 5.19. The lowest BCUT2D eigenvalue weighted by Gasteiger charge is -2.25. The van der Waals surface area contributed by atoms with Gasteiger partial charge in [0, 0.05) is 17.2 Å². The Labute approximate surface area is 158 Å². The molecule has 0 saturated carbocycles. The number of Topliss-reactive ketones (excluding diaryl/α,β-unsaturated/α-hetero) is 1. The molecule has 0 aliphatic carbocycles. The highest BCUT2D eigenvalue weighted by Gasteiger charge is 2.51. The van der Waals surface area contributed by atoms with Crippen molar-refractivity contribution in [3.63, 3.8) is 0 Å². The van der Waals surface area contributed by atoms with Gasteiger partial charge in [-0.05, 0) is 36.8 Å². The number of hydrogen-bond donors (Lipinski definition) is 1. The van der Waals surface area contributed by atoms with Crippen LogP contribution in [-0.4, -0.2) is 22.8 Å². The summed E-state index contributed by atoms with van der Waals surface area (Å²) in [6.45, 7) is 3.79. The van der Waals surface area contributed by atoms with E-state index in [0.717, 1.165) is 10.8 Å².